The first-order chi connectivity index (χ1) is 21.5. The van der Waals surface area contributed by atoms with Gasteiger partial charge >= 0.3 is 12.0 Å². The highest BCUT2D eigenvalue weighted by molar-refractivity contribution is 6.02. The second kappa shape index (κ2) is 14.8. The molecular formula is C35H36N4O5. The Labute approximate surface area is 257 Å². The minimum Gasteiger partial charge on any atom is -0.480 e. The maximum Gasteiger partial charge on any atom is 0.323 e. The molecule has 9 heteroatoms. The molecule has 4 aromatic rings. The maximum atomic E-state index is 14.0. The number of hydrogen-bond acceptors (Lipinski definition) is 6. The Morgan fingerprint density at radius 1 is 0.727 bits per heavy atom. The number of hydrogen-bond donors (Lipinski definition) is 2. The molecule has 0 saturated carbocycles. The van der Waals surface area contributed by atoms with Gasteiger partial charge in [0.1, 0.15) is 18.5 Å². The first-order valence-corrected chi connectivity index (χ1v) is 14.6. The standard InChI is InChI=1S/C35H36N4O5/c1-26(40)43-24-23-38-19-21-39(22-20-38)34(41)31-25-30(37-35(42)36-29-15-9-4-10-16-29)17-18-32(31)44-33(27-11-5-2-6-12-27)28-13-7-3-8-14-28/h2-18,25,33H,19-24H2,1H3,(H2,36,37,42). The number of piperazine rings is 1. The zero-order valence-corrected chi connectivity index (χ0v) is 24.6. The highest BCUT2D eigenvalue weighted by Gasteiger charge is 2.27. The third-order valence-corrected chi connectivity index (χ3v) is 7.32. The largest absolute Gasteiger partial charge is 0.480 e. The van der Waals surface area contributed by atoms with Crippen LogP contribution in [0.1, 0.15) is 34.5 Å². The van der Waals surface area contributed by atoms with Gasteiger partial charge in [-0.2, -0.15) is 0 Å². The van der Waals surface area contributed by atoms with Crippen molar-refractivity contribution in [1.82, 2.24) is 9.80 Å². The number of nitrogens with zero attached hydrogens (tertiary/aromatic N) is 2. The van der Waals surface area contributed by atoms with E-state index in [0.717, 1.165) is 11.1 Å². The van der Waals surface area contributed by atoms with Crippen LogP contribution < -0.4 is 15.4 Å². The average Bonchev–Trinajstić information content (AvgIpc) is 3.05. The summed E-state index contributed by atoms with van der Waals surface area (Å²) in [6.07, 6.45) is -0.456. The lowest BCUT2D eigenvalue weighted by Crippen LogP contribution is -2.49. The number of rotatable bonds is 10. The predicted molar refractivity (Wildman–Crippen MR) is 170 cm³/mol. The fourth-order valence-corrected chi connectivity index (χ4v) is 5.07. The Kier molecular flexibility index (Phi) is 10.2. The molecule has 1 aliphatic heterocycles. The van der Waals surface area contributed by atoms with E-state index >= 15 is 0 Å². The fourth-order valence-electron chi connectivity index (χ4n) is 5.07. The average molecular weight is 593 g/mol. The van der Waals surface area contributed by atoms with Crippen LogP contribution in [-0.4, -0.2) is 67.0 Å². The normalized spacial score (nSPS) is 13.3. The van der Waals surface area contributed by atoms with Crippen molar-refractivity contribution in [2.24, 2.45) is 0 Å². The van der Waals surface area contributed by atoms with Crippen LogP contribution in [-0.2, 0) is 9.53 Å². The summed E-state index contributed by atoms with van der Waals surface area (Å²) in [5, 5.41) is 5.65. The van der Waals surface area contributed by atoms with E-state index in [1.54, 1.807) is 35.2 Å². The molecule has 9 nitrogen and oxygen atoms in total. The molecule has 0 unspecified atom stereocenters. The number of carbonyl (C=O) groups is 3. The Morgan fingerprint density at radius 2 is 1.30 bits per heavy atom. The lowest BCUT2D eigenvalue weighted by molar-refractivity contribution is -0.141. The summed E-state index contributed by atoms with van der Waals surface area (Å²) >= 11 is 0. The smallest absolute Gasteiger partial charge is 0.323 e. The number of amides is 3. The van der Waals surface area contributed by atoms with Gasteiger partial charge in [-0.1, -0.05) is 78.9 Å². The van der Waals surface area contributed by atoms with E-state index in [2.05, 4.69) is 15.5 Å². The fraction of sp³-hybridized carbons (Fsp3) is 0.229. The highest BCUT2D eigenvalue weighted by Crippen LogP contribution is 2.33. The van der Waals surface area contributed by atoms with Crippen LogP contribution in [0.5, 0.6) is 5.75 Å². The lowest BCUT2D eigenvalue weighted by atomic mass is 10.0. The van der Waals surface area contributed by atoms with Gasteiger partial charge in [0, 0.05) is 51.0 Å². The van der Waals surface area contributed by atoms with Crippen molar-refractivity contribution in [3.05, 3.63) is 126 Å². The van der Waals surface area contributed by atoms with Gasteiger partial charge in [-0.3, -0.25) is 14.5 Å². The van der Waals surface area contributed by atoms with Crippen LogP contribution in [0, 0.1) is 0 Å². The van der Waals surface area contributed by atoms with Crippen molar-refractivity contribution in [2.75, 3.05) is 50.0 Å². The molecule has 0 radical (unpaired) electrons. The van der Waals surface area contributed by atoms with Gasteiger partial charge in [0.2, 0.25) is 0 Å². The second-order valence-electron chi connectivity index (χ2n) is 10.4. The van der Waals surface area contributed by atoms with E-state index < -0.39 is 12.1 Å². The summed E-state index contributed by atoms with van der Waals surface area (Å²) in [6.45, 7) is 4.64. The minimum absolute atomic E-state index is 0.188. The highest BCUT2D eigenvalue weighted by atomic mass is 16.5. The minimum atomic E-state index is -0.456. The molecule has 4 aromatic carbocycles. The number of urea groups is 1. The van der Waals surface area contributed by atoms with E-state index in [9.17, 15) is 14.4 Å². The number of nitrogens with one attached hydrogen (secondary N) is 2. The summed E-state index contributed by atoms with van der Waals surface area (Å²) in [7, 11) is 0. The summed E-state index contributed by atoms with van der Waals surface area (Å²) in [6, 6.07) is 33.6. The van der Waals surface area contributed by atoms with E-state index in [4.69, 9.17) is 9.47 Å². The molecular weight excluding hydrogens is 556 g/mol. The molecule has 1 fully saturated rings. The molecule has 0 atom stereocenters. The first-order valence-electron chi connectivity index (χ1n) is 14.6. The number of carbonyl (C=O) groups excluding carboxylic acids is 3. The molecule has 226 valence electrons. The number of anilines is 2. The zero-order valence-electron chi connectivity index (χ0n) is 24.6. The van der Waals surface area contributed by atoms with Crippen molar-refractivity contribution in [3.63, 3.8) is 0 Å². The van der Waals surface area contributed by atoms with Crippen LogP contribution in [0.2, 0.25) is 0 Å². The molecule has 1 heterocycles. The van der Waals surface area contributed by atoms with E-state index in [-0.39, 0.29) is 11.9 Å². The van der Waals surface area contributed by atoms with Crippen molar-refractivity contribution in [1.29, 1.82) is 0 Å². The van der Waals surface area contributed by atoms with Crippen molar-refractivity contribution in [2.45, 2.75) is 13.0 Å². The van der Waals surface area contributed by atoms with Crippen molar-refractivity contribution >= 4 is 29.3 Å². The number of esters is 1. The molecule has 0 aliphatic carbocycles. The topological polar surface area (TPSA) is 100 Å². The van der Waals surface area contributed by atoms with Crippen LogP contribution in [0.4, 0.5) is 16.2 Å². The van der Waals surface area contributed by atoms with E-state index in [0.29, 0.717) is 62.0 Å². The van der Waals surface area contributed by atoms with E-state index in [1.165, 1.54) is 6.92 Å². The van der Waals surface area contributed by atoms with Gasteiger partial charge in [-0.05, 0) is 41.5 Å². The summed E-state index contributed by atoms with van der Waals surface area (Å²) in [5.41, 5.74) is 3.37. The SMILES string of the molecule is CC(=O)OCCN1CCN(C(=O)c2cc(NC(=O)Nc3ccccc3)ccc2OC(c2ccccc2)c2ccccc2)CC1. The second-order valence-corrected chi connectivity index (χ2v) is 10.4. The summed E-state index contributed by atoms with van der Waals surface area (Å²) < 4.78 is 11.7. The monoisotopic (exact) mass is 592 g/mol. The van der Waals surface area contributed by atoms with Crippen LogP contribution in [0.25, 0.3) is 0 Å². The zero-order chi connectivity index (χ0) is 30.7. The van der Waals surface area contributed by atoms with Gasteiger partial charge in [0.05, 0.1) is 5.56 Å². The van der Waals surface area contributed by atoms with Gasteiger partial charge in [-0.15, -0.1) is 0 Å². The molecule has 0 spiro atoms. The molecule has 44 heavy (non-hydrogen) atoms. The number of para-hydroxylation sites is 1. The number of benzene rings is 4. The Balaban J connectivity index is 1.39. The predicted octanol–water partition coefficient (Wildman–Crippen LogP) is 5.82. The van der Waals surface area contributed by atoms with Crippen LogP contribution in [0.3, 0.4) is 0 Å². The molecule has 0 aromatic heterocycles. The van der Waals surface area contributed by atoms with Crippen molar-refractivity contribution in [3.8, 4) is 5.75 Å². The molecule has 1 saturated heterocycles. The van der Waals surface area contributed by atoms with E-state index in [1.807, 2.05) is 78.9 Å². The maximum absolute atomic E-state index is 14.0. The first kappa shape index (κ1) is 30.3. The van der Waals surface area contributed by atoms with Crippen molar-refractivity contribution < 1.29 is 23.9 Å². The van der Waals surface area contributed by atoms with Crippen LogP contribution >= 0.6 is 0 Å². The van der Waals surface area contributed by atoms with Gasteiger partial charge in [-0.25, -0.2) is 4.79 Å². The van der Waals surface area contributed by atoms with Gasteiger partial charge < -0.3 is 25.0 Å². The Morgan fingerprint density at radius 3 is 1.89 bits per heavy atom. The van der Waals surface area contributed by atoms with Gasteiger partial charge in [0.25, 0.3) is 5.91 Å². The Hall–Kier alpha value is -5.15. The molecule has 2 N–H and O–H groups in total. The third-order valence-electron chi connectivity index (χ3n) is 7.32. The quantitative estimate of drug-likeness (QED) is 0.225. The molecule has 3 amide bonds. The molecule has 1 aliphatic rings. The van der Waals surface area contributed by atoms with Gasteiger partial charge in [0.15, 0.2) is 0 Å². The molecule has 0 bridgehead atoms. The summed E-state index contributed by atoms with van der Waals surface area (Å²) in [5.74, 6) is -0.0766. The Bertz CT molecular complexity index is 1500. The summed E-state index contributed by atoms with van der Waals surface area (Å²) in [4.78, 5) is 41.9. The van der Waals surface area contributed by atoms with Crippen LogP contribution in [0.15, 0.2) is 109 Å². The molecule has 5 rings (SSSR count). The lowest BCUT2D eigenvalue weighted by Gasteiger charge is -2.35. The number of ether oxygens (including phenoxy) is 2. The third kappa shape index (κ3) is 8.23.